The first-order chi connectivity index (χ1) is 8.20. The molecule has 4 nitrogen and oxygen atoms in total. The minimum absolute atomic E-state index is 0.0637. The minimum Gasteiger partial charge on any atom is -0.496 e. The summed E-state index contributed by atoms with van der Waals surface area (Å²) in [5.41, 5.74) is 6.49. The first kappa shape index (κ1) is 11.6. The Hall–Kier alpha value is -1.88. The predicted molar refractivity (Wildman–Crippen MR) is 68.9 cm³/mol. The highest BCUT2D eigenvalue weighted by Crippen LogP contribution is 2.23. The molecule has 1 aromatic carbocycles. The van der Waals surface area contributed by atoms with Crippen LogP contribution in [0.3, 0.4) is 0 Å². The van der Waals surface area contributed by atoms with Crippen molar-refractivity contribution >= 4 is 17.2 Å². The van der Waals surface area contributed by atoms with Crippen LogP contribution >= 0.6 is 11.3 Å². The quantitative estimate of drug-likeness (QED) is 0.641. The fourth-order valence-corrected chi connectivity index (χ4v) is 2.33. The van der Waals surface area contributed by atoms with E-state index in [2.05, 4.69) is 4.98 Å². The number of thiazole rings is 1. The van der Waals surface area contributed by atoms with E-state index in [0.717, 1.165) is 16.3 Å². The number of methoxy groups -OCH3 is 1. The van der Waals surface area contributed by atoms with Gasteiger partial charge in [-0.25, -0.2) is 4.98 Å². The largest absolute Gasteiger partial charge is 0.496 e. The third-order valence-corrected chi connectivity index (χ3v) is 3.38. The normalized spacial score (nSPS) is 10.2. The van der Waals surface area contributed by atoms with Crippen LogP contribution in [-0.4, -0.2) is 17.9 Å². The lowest BCUT2D eigenvalue weighted by Gasteiger charge is -2.05. The van der Waals surface area contributed by atoms with Gasteiger partial charge in [0.2, 0.25) is 0 Å². The average molecular weight is 247 g/mol. The molecule has 3 N–H and O–H groups in total. The highest BCUT2D eigenvalue weighted by Gasteiger charge is 2.08. The number of nitrogens with zero attached hydrogens (tertiary/aromatic N) is 1. The summed E-state index contributed by atoms with van der Waals surface area (Å²) < 4.78 is 5.28. The van der Waals surface area contributed by atoms with Crippen molar-refractivity contribution in [2.75, 3.05) is 7.11 Å². The van der Waals surface area contributed by atoms with Gasteiger partial charge in [-0.2, -0.15) is 0 Å². The standard InChI is InChI=1S/C12H13N3OS/c1-16-9-5-3-2-4-8(9)6-11-15-7-10(17-11)12(13)14/h2-5,7H,6H2,1H3,(H3,13,14). The molecule has 2 rings (SSSR count). The lowest BCUT2D eigenvalue weighted by Crippen LogP contribution is -2.08. The van der Waals surface area contributed by atoms with Gasteiger partial charge in [-0.3, -0.25) is 5.41 Å². The van der Waals surface area contributed by atoms with Crippen molar-refractivity contribution in [1.29, 1.82) is 5.41 Å². The summed E-state index contributed by atoms with van der Waals surface area (Å²) in [6, 6.07) is 7.84. The molecule has 1 heterocycles. The molecular formula is C12H13N3OS. The zero-order valence-electron chi connectivity index (χ0n) is 9.43. The van der Waals surface area contributed by atoms with Gasteiger partial charge in [0.1, 0.15) is 11.6 Å². The molecule has 2 aromatic rings. The Bertz CT molecular complexity index is 536. The van der Waals surface area contributed by atoms with Crippen LogP contribution in [0.5, 0.6) is 5.75 Å². The maximum Gasteiger partial charge on any atom is 0.134 e. The first-order valence-electron chi connectivity index (χ1n) is 5.11. The van der Waals surface area contributed by atoms with E-state index in [1.165, 1.54) is 11.3 Å². The number of nitrogens with one attached hydrogen (secondary N) is 1. The van der Waals surface area contributed by atoms with Crippen LogP contribution in [0.4, 0.5) is 0 Å². The molecule has 0 bridgehead atoms. The Labute approximate surface area is 104 Å². The highest BCUT2D eigenvalue weighted by atomic mass is 32.1. The van der Waals surface area contributed by atoms with Crippen molar-refractivity contribution in [2.24, 2.45) is 5.73 Å². The van der Waals surface area contributed by atoms with Crippen molar-refractivity contribution in [1.82, 2.24) is 4.98 Å². The molecule has 0 aliphatic heterocycles. The van der Waals surface area contributed by atoms with E-state index in [1.807, 2.05) is 24.3 Å². The second-order valence-corrected chi connectivity index (χ2v) is 4.64. The van der Waals surface area contributed by atoms with Crippen molar-refractivity contribution < 1.29 is 4.74 Å². The lowest BCUT2D eigenvalue weighted by molar-refractivity contribution is 0.410. The second-order valence-electron chi connectivity index (χ2n) is 3.52. The van der Waals surface area contributed by atoms with Crippen LogP contribution in [0.15, 0.2) is 30.5 Å². The number of hydrogen-bond donors (Lipinski definition) is 2. The molecule has 0 saturated heterocycles. The van der Waals surface area contributed by atoms with Gasteiger partial charge in [0.15, 0.2) is 0 Å². The zero-order chi connectivity index (χ0) is 12.3. The maximum atomic E-state index is 7.33. The summed E-state index contributed by atoms with van der Waals surface area (Å²) in [5, 5.41) is 8.26. The molecule has 0 atom stereocenters. The number of aromatic nitrogens is 1. The highest BCUT2D eigenvalue weighted by molar-refractivity contribution is 7.13. The number of benzene rings is 1. The number of ether oxygens (including phenoxy) is 1. The second kappa shape index (κ2) is 4.97. The van der Waals surface area contributed by atoms with E-state index < -0.39 is 0 Å². The zero-order valence-corrected chi connectivity index (χ0v) is 10.3. The Balaban J connectivity index is 2.22. The predicted octanol–water partition coefficient (Wildman–Crippen LogP) is 2.03. The van der Waals surface area contributed by atoms with E-state index in [9.17, 15) is 0 Å². The SMILES string of the molecule is COc1ccccc1Cc1ncc(C(=N)N)s1. The number of hydrogen-bond acceptors (Lipinski definition) is 4. The summed E-state index contributed by atoms with van der Waals surface area (Å²) >= 11 is 1.44. The molecule has 0 radical (unpaired) electrons. The molecule has 0 aliphatic rings. The molecule has 0 unspecified atom stereocenters. The van der Waals surface area contributed by atoms with Gasteiger partial charge in [0.25, 0.3) is 0 Å². The van der Waals surface area contributed by atoms with E-state index in [0.29, 0.717) is 11.3 Å². The average Bonchev–Trinajstić information content (AvgIpc) is 2.78. The number of nitrogen functional groups attached to an aromatic ring is 1. The summed E-state index contributed by atoms with van der Waals surface area (Å²) in [7, 11) is 1.65. The maximum absolute atomic E-state index is 7.33. The van der Waals surface area contributed by atoms with Gasteiger partial charge in [0.05, 0.1) is 17.0 Å². The third-order valence-electron chi connectivity index (χ3n) is 2.35. The minimum atomic E-state index is 0.0637. The van der Waals surface area contributed by atoms with E-state index >= 15 is 0 Å². The Morgan fingerprint density at radius 3 is 2.88 bits per heavy atom. The fourth-order valence-electron chi connectivity index (χ4n) is 1.53. The summed E-state index contributed by atoms with van der Waals surface area (Å²) in [6.45, 7) is 0. The van der Waals surface area contributed by atoms with Gasteiger partial charge >= 0.3 is 0 Å². The van der Waals surface area contributed by atoms with Crippen LogP contribution < -0.4 is 10.5 Å². The van der Waals surface area contributed by atoms with Crippen molar-refractivity contribution in [3.63, 3.8) is 0 Å². The number of para-hydroxylation sites is 1. The van der Waals surface area contributed by atoms with Crippen molar-refractivity contribution in [3.05, 3.63) is 45.9 Å². The van der Waals surface area contributed by atoms with Gasteiger partial charge in [-0.1, -0.05) is 18.2 Å². The molecule has 0 aliphatic carbocycles. The number of amidine groups is 1. The molecular weight excluding hydrogens is 234 g/mol. The molecule has 0 fully saturated rings. The van der Waals surface area contributed by atoms with Gasteiger partial charge in [0, 0.05) is 18.2 Å². The summed E-state index contributed by atoms with van der Waals surface area (Å²) in [5.74, 6) is 0.917. The van der Waals surface area contributed by atoms with Gasteiger partial charge < -0.3 is 10.5 Å². The van der Waals surface area contributed by atoms with Crippen LogP contribution in [0.25, 0.3) is 0 Å². The Kier molecular flexibility index (Phi) is 3.39. The van der Waals surface area contributed by atoms with Crippen LogP contribution in [0, 0.1) is 5.41 Å². The monoisotopic (exact) mass is 247 g/mol. The third kappa shape index (κ3) is 2.62. The van der Waals surface area contributed by atoms with E-state index in [-0.39, 0.29) is 5.84 Å². The molecule has 88 valence electrons. The molecule has 5 heteroatoms. The first-order valence-corrected chi connectivity index (χ1v) is 5.93. The Morgan fingerprint density at radius 1 is 1.47 bits per heavy atom. The molecule has 0 spiro atoms. The fraction of sp³-hybridized carbons (Fsp3) is 0.167. The van der Waals surface area contributed by atoms with E-state index in [1.54, 1.807) is 13.3 Å². The summed E-state index contributed by atoms with van der Waals surface area (Å²) in [4.78, 5) is 4.95. The van der Waals surface area contributed by atoms with Crippen LogP contribution in [-0.2, 0) is 6.42 Å². The summed E-state index contributed by atoms with van der Waals surface area (Å²) in [6.07, 6.45) is 2.33. The molecule has 17 heavy (non-hydrogen) atoms. The van der Waals surface area contributed by atoms with Gasteiger partial charge in [-0.15, -0.1) is 11.3 Å². The number of rotatable bonds is 4. The molecule has 1 aromatic heterocycles. The van der Waals surface area contributed by atoms with E-state index in [4.69, 9.17) is 15.9 Å². The smallest absolute Gasteiger partial charge is 0.134 e. The Morgan fingerprint density at radius 2 is 2.24 bits per heavy atom. The topological polar surface area (TPSA) is 72.0 Å². The van der Waals surface area contributed by atoms with Crippen molar-refractivity contribution in [3.8, 4) is 5.75 Å². The lowest BCUT2D eigenvalue weighted by atomic mass is 10.1. The van der Waals surface area contributed by atoms with Crippen LogP contribution in [0.1, 0.15) is 15.4 Å². The molecule has 0 saturated carbocycles. The van der Waals surface area contributed by atoms with Crippen molar-refractivity contribution in [2.45, 2.75) is 6.42 Å². The molecule has 0 amide bonds. The van der Waals surface area contributed by atoms with Gasteiger partial charge in [-0.05, 0) is 6.07 Å². The van der Waals surface area contributed by atoms with Crippen LogP contribution in [0.2, 0.25) is 0 Å². The number of nitrogens with two attached hydrogens (primary N) is 1.